The Bertz CT molecular complexity index is 995. The van der Waals surface area contributed by atoms with Gasteiger partial charge in [-0.2, -0.15) is 8.42 Å². The molecule has 0 saturated heterocycles. The monoisotopic (exact) mass is 644 g/mol. The Hall–Kier alpha value is -2.01. The van der Waals surface area contributed by atoms with E-state index < -0.39 is 10.1 Å². The van der Waals surface area contributed by atoms with Gasteiger partial charge in [0.1, 0.15) is 0 Å². The second-order valence-corrected chi connectivity index (χ2v) is 10.6. The van der Waals surface area contributed by atoms with Gasteiger partial charge in [-0.25, -0.2) is 0 Å². The Morgan fingerprint density at radius 3 is 1.02 bits per heavy atom. The molecular weight excluding hydrogens is 596 g/mol. The van der Waals surface area contributed by atoms with Crippen molar-refractivity contribution in [1.29, 1.82) is 0 Å². The molecule has 0 spiro atoms. The van der Waals surface area contributed by atoms with Crippen LogP contribution >= 0.6 is 0 Å². The minimum absolute atomic E-state index is 0.0561. The molecule has 2 aromatic rings. The van der Waals surface area contributed by atoms with E-state index in [0.29, 0.717) is 112 Å². The normalized spacial score (nSPS) is 11.7. The van der Waals surface area contributed by atoms with Gasteiger partial charge in [0.2, 0.25) is 0 Å². The molecule has 0 bridgehead atoms. The summed E-state index contributed by atoms with van der Waals surface area (Å²) in [5, 5.41) is 0. The van der Waals surface area contributed by atoms with Crippen LogP contribution in [0, 0.1) is 0 Å². The molecule has 0 fully saturated rings. The van der Waals surface area contributed by atoms with Gasteiger partial charge in [0.15, 0.2) is 0 Å². The first-order valence-corrected chi connectivity index (χ1v) is 16.3. The minimum atomic E-state index is -3.75. The van der Waals surface area contributed by atoms with Gasteiger partial charge >= 0.3 is 0 Å². The van der Waals surface area contributed by atoms with Crippen LogP contribution in [-0.4, -0.2) is 127 Å². The van der Waals surface area contributed by atoms with Crippen molar-refractivity contribution in [2.45, 2.75) is 11.5 Å². The van der Waals surface area contributed by atoms with Crippen LogP contribution in [0.1, 0.15) is 5.56 Å². The van der Waals surface area contributed by atoms with Crippen LogP contribution in [-0.2, 0) is 63.5 Å². The number of rotatable bonds is 31. The Labute approximate surface area is 261 Å². The van der Waals surface area contributed by atoms with Crippen molar-refractivity contribution in [2.75, 3.05) is 119 Å². The molecule has 13 heteroatoms. The van der Waals surface area contributed by atoms with Crippen LogP contribution in [0.25, 0.3) is 0 Å². The molecule has 0 aromatic heterocycles. The van der Waals surface area contributed by atoms with Gasteiger partial charge in [-0.3, -0.25) is 4.18 Å². The van der Waals surface area contributed by atoms with Crippen molar-refractivity contribution in [3.05, 3.63) is 66.2 Å². The van der Waals surface area contributed by atoms with Gasteiger partial charge in [0, 0.05) is 0 Å². The van der Waals surface area contributed by atoms with Crippen molar-refractivity contribution in [2.24, 2.45) is 0 Å². The van der Waals surface area contributed by atoms with Gasteiger partial charge < -0.3 is 42.6 Å². The molecule has 44 heavy (non-hydrogen) atoms. The van der Waals surface area contributed by atoms with Crippen molar-refractivity contribution in [3.63, 3.8) is 0 Å². The van der Waals surface area contributed by atoms with Crippen LogP contribution in [0.5, 0.6) is 0 Å². The summed E-state index contributed by atoms with van der Waals surface area (Å²) in [5.74, 6) is 0. The average Bonchev–Trinajstić information content (AvgIpc) is 3.05. The highest BCUT2D eigenvalue weighted by Gasteiger charge is 2.13. The zero-order valence-electron chi connectivity index (χ0n) is 25.5. The van der Waals surface area contributed by atoms with Crippen molar-refractivity contribution < 1.29 is 55.2 Å². The molecule has 2 aromatic carbocycles. The quantitative estimate of drug-likeness (QED) is 0.0885. The molecule has 0 saturated carbocycles. The first kappa shape index (κ1) is 38.2. The third-order valence-corrected chi connectivity index (χ3v) is 6.91. The fourth-order valence-electron chi connectivity index (χ4n) is 3.38. The molecular formula is C31H48O12S. The second-order valence-electron chi connectivity index (χ2n) is 9.03. The van der Waals surface area contributed by atoms with Crippen LogP contribution in [0.15, 0.2) is 65.6 Å². The van der Waals surface area contributed by atoms with Crippen molar-refractivity contribution in [3.8, 4) is 0 Å². The first-order chi connectivity index (χ1) is 21.7. The molecule has 0 amide bonds. The summed E-state index contributed by atoms with van der Waals surface area (Å²) in [6.07, 6.45) is 0. The Morgan fingerprint density at radius 1 is 0.364 bits per heavy atom. The highest BCUT2D eigenvalue weighted by Crippen LogP contribution is 2.10. The SMILES string of the molecule is O=S(=O)(OCCOCCOCCOCCOCCOCCOCCOCCOCCOCc1ccccc1)c1ccccc1. The maximum atomic E-state index is 12.0. The number of benzene rings is 2. The highest BCUT2D eigenvalue weighted by atomic mass is 32.2. The van der Waals surface area contributed by atoms with Gasteiger partial charge in [0.05, 0.1) is 130 Å². The summed E-state index contributed by atoms with van der Waals surface area (Å²) in [5.41, 5.74) is 1.15. The molecule has 0 unspecified atom stereocenters. The molecule has 0 aliphatic heterocycles. The zero-order valence-corrected chi connectivity index (χ0v) is 26.3. The van der Waals surface area contributed by atoms with E-state index in [1.807, 2.05) is 30.3 Å². The van der Waals surface area contributed by atoms with Gasteiger partial charge in [0.25, 0.3) is 10.1 Å². The summed E-state index contributed by atoms with van der Waals surface area (Å²) in [6.45, 7) is 8.30. The maximum Gasteiger partial charge on any atom is 0.297 e. The van der Waals surface area contributed by atoms with E-state index in [1.54, 1.807) is 18.2 Å². The molecule has 0 aliphatic carbocycles. The molecule has 2 rings (SSSR count). The van der Waals surface area contributed by atoms with Crippen molar-refractivity contribution >= 4 is 10.1 Å². The highest BCUT2D eigenvalue weighted by molar-refractivity contribution is 7.86. The third-order valence-electron chi connectivity index (χ3n) is 5.59. The molecule has 0 radical (unpaired) electrons. The van der Waals surface area contributed by atoms with Crippen LogP contribution in [0.4, 0.5) is 0 Å². The van der Waals surface area contributed by atoms with E-state index in [2.05, 4.69) is 0 Å². The standard InChI is InChI=1S/C31H48O12S/c32-44(33,31-9-5-2-6-10-31)43-28-27-41-24-23-39-20-19-37-16-15-35-12-11-34-13-14-36-17-18-38-21-22-40-25-26-42-29-30-7-3-1-4-8-30/h1-10H,11-29H2. The summed E-state index contributed by atoms with van der Waals surface area (Å²) in [7, 11) is -3.75. The van der Waals surface area contributed by atoms with E-state index in [-0.39, 0.29) is 18.1 Å². The summed E-state index contributed by atoms with van der Waals surface area (Å²) in [6, 6.07) is 18.0. The van der Waals surface area contributed by atoms with E-state index in [0.717, 1.165) is 5.56 Å². The van der Waals surface area contributed by atoms with Gasteiger partial charge in [-0.1, -0.05) is 48.5 Å². The molecule has 12 nitrogen and oxygen atoms in total. The average molecular weight is 645 g/mol. The summed E-state index contributed by atoms with van der Waals surface area (Å²) in [4.78, 5) is 0.122. The molecule has 0 atom stereocenters. The Balaban J connectivity index is 1.18. The summed E-state index contributed by atoms with van der Waals surface area (Å²) >= 11 is 0. The van der Waals surface area contributed by atoms with Crippen LogP contribution in [0.3, 0.4) is 0 Å². The molecule has 0 aliphatic rings. The Kier molecular flexibility index (Phi) is 23.7. The van der Waals surface area contributed by atoms with Crippen molar-refractivity contribution in [1.82, 2.24) is 0 Å². The van der Waals surface area contributed by atoms with Gasteiger partial charge in [-0.05, 0) is 17.7 Å². The first-order valence-electron chi connectivity index (χ1n) is 14.9. The van der Waals surface area contributed by atoms with Crippen LogP contribution < -0.4 is 0 Å². The minimum Gasteiger partial charge on any atom is -0.377 e. The molecule has 0 heterocycles. The smallest absolute Gasteiger partial charge is 0.297 e. The second kappa shape index (κ2) is 27.3. The lowest BCUT2D eigenvalue weighted by molar-refractivity contribution is -0.0257. The Morgan fingerprint density at radius 2 is 0.659 bits per heavy atom. The number of ether oxygens (including phenoxy) is 9. The largest absolute Gasteiger partial charge is 0.377 e. The zero-order chi connectivity index (χ0) is 31.2. The predicted octanol–water partition coefficient (Wildman–Crippen LogP) is 2.74. The van der Waals surface area contributed by atoms with E-state index in [1.165, 1.54) is 12.1 Å². The number of hydrogen-bond donors (Lipinski definition) is 0. The third kappa shape index (κ3) is 21.7. The molecule has 0 N–H and O–H groups in total. The number of hydrogen-bond acceptors (Lipinski definition) is 12. The summed E-state index contributed by atoms with van der Waals surface area (Å²) < 4.78 is 77.9. The van der Waals surface area contributed by atoms with E-state index in [4.69, 9.17) is 46.8 Å². The predicted molar refractivity (Wildman–Crippen MR) is 162 cm³/mol. The lowest BCUT2D eigenvalue weighted by Crippen LogP contribution is -2.15. The lowest BCUT2D eigenvalue weighted by atomic mass is 10.2. The van der Waals surface area contributed by atoms with E-state index in [9.17, 15) is 8.42 Å². The maximum absolute atomic E-state index is 12.0. The topological polar surface area (TPSA) is 126 Å². The van der Waals surface area contributed by atoms with E-state index >= 15 is 0 Å². The molecule has 250 valence electrons. The lowest BCUT2D eigenvalue weighted by Gasteiger charge is -2.09. The fraction of sp³-hybridized carbons (Fsp3) is 0.613. The fourth-order valence-corrected chi connectivity index (χ4v) is 4.30. The van der Waals surface area contributed by atoms with Crippen LogP contribution in [0.2, 0.25) is 0 Å². The van der Waals surface area contributed by atoms with Gasteiger partial charge in [-0.15, -0.1) is 0 Å².